The van der Waals surface area contributed by atoms with Crippen LogP contribution in [0.25, 0.3) is 11.4 Å². The summed E-state index contributed by atoms with van der Waals surface area (Å²) >= 11 is 0. The molecule has 0 fully saturated rings. The van der Waals surface area contributed by atoms with Crippen molar-refractivity contribution in [1.29, 1.82) is 0 Å². The summed E-state index contributed by atoms with van der Waals surface area (Å²) in [5.41, 5.74) is 6.13. The summed E-state index contributed by atoms with van der Waals surface area (Å²) in [6, 6.07) is 6.74. The zero-order chi connectivity index (χ0) is 11.4. The van der Waals surface area contributed by atoms with Crippen molar-refractivity contribution in [1.82, 2.24) is 10.1 Å². The van der Waals surface area contributed by atoms with E-state index in [0.717, 1.165) is 12.0 Å². The smallest absolute Gasteiger partial charge is 0.227 e. The first kappa shape index (κ1) is 10.6. The Hall–Kier alpha value is -1.88. The van der Waals surface area contributed by atoms with Crippen LogP contribution in [0.5, 0.6) is 5.75 Å². The lowest BCUT2D eigenvalue weighted by atomic mass is 10.2. The van der Waals surface area contributed by atoms with Gasteiger partial charge < -0.3 is 15.4 Å². The molecule has 2 rings (SSSR count). The first-order chi connectivity index (χ1) is 7.79. The van der Waals surface area contributed by atoms with Crippen molar-refractivity contribution >= 4 is 0 Å². The Bertz CT molecular complexity index is 468. The second-order valence-electron chi connectivity index (χ2n) is 3.45. The van der Waals surface area contributed by atoms with Gasteiger partial charge in [0.1, 0.15) is 5.75 Å². The van der Waals surface area contributed by atoms with E-state index in [0.29, 0.717) is 24.7 Å². The highest BCUT2D eigenvalue weighted by Crippen LogP contribution is 2.20. The van der Waals surface area contributed by atoms with E-state index in [4.69, 9.17) is 10.3 Å². The molecule has 5 heteroatoms. The van der Waals surface area contributed by atoms with Crippen LogP contribution < -0.4 is 5.73 Å². The topological polar surface area (TPSA) is 85.2 Å². The van der Waals surface area contributed by atoms with Crippen LogP contribution in [0.4, 0.5) is 0 Å². The van der Waals surface area contributed by atoms with Crippen molar-refractivity contribution in [3.05, 3.63) is 30.2 Å². The Morgan fingerprint density at radius 2 is 2.25 bits per heavy atom. The molecule has 16 heavy (non-hydrogen) atoms. The number of rotatable bonds is 4. The maximum Gasteiger partial charge on any atom is 0.227 e. The van der Waals surface area contributed by atoms with Crippen LogP contribution >= 0.6 is 0 Å². The molecule has 1 aromatic heterocycles. The Morgan fingerprint density at radius 1 is 1.38 bits per heavy atom. The fourth-order valence-electron chi connectivity index (χ4n) is 1.37. The van der Waals surface area contributed by atoms with E-state index < -0.39 is 0 Å². The number of nitrogens with two attached hydrogens (primary N) is 1. The number of phenols is 1. The first-order valence-corrected chi connectivity index (χ1v) is 5.11. The van der Waals surface area contributed by atoms with Crippen molar-refractivity contribution in [2.24, 2.45) is 5.73 Å². The number of aromatic hydroxyl groups is 1. The van der Waals surface area contributed by atoms with Crippen LogP contribution in [0.3, 0.4) is 0 Å². The maximum absolute atomic E-state index is 9.32. The third kappa shape index (κ3) is 2.38. The van der Waals surface area contributed by atoms with Gasteiger partial charge in [0.15, 0.2) is 0 Å². The van der Waals surface area contributed by atoms with Crippen molar-refractivity contribution in [2.75, 3.05) is 6.54 Å². The number of hydrogen-bond donors (Lipinski definition) is 2. The molecule has 0 radical (unpaired) electrons. The minimum absolute atomic E-state index is 0.186. The normalized spacial score (nSPS) is 10.6. The minimum Gasteiger partial charge on any atom is -0.508 e. The average molecular weight is 219 g/mol. The predicted molar refractivity (Wildman–Crippen MR) is 58.8 cm³/mol. The van der Waals surface area contributed by atoms with Gasteiger partial charge in [0.25, 0.3) is 0 Å². The number of aromatic nitrogens is 2. The van der Waals surface area contributed by atoms with Crippen molar-refractivity contribution < 1.29 is 9.63 Å². The number of aryl methyl sites for hydroxylation is 1. The molecule has 0 saturated heterocycles. The van der Waals surface area contributed by atoms with Gasteiger partial charge >= 0.3 is 0 Å². The highest BCUT2D eigenvalue weighted by atomic mass is 16.5. The van der Waals surface area contributed by atoms with Crippen LogP contribution in [-0.2, 0) is 6.42 Å². The molecule has 0 saturated carbocycles. The van der Waals surface area contributed by atoms with Gasteiger partial charge in [-0.3, -0.25) is 0 Å². The van der Waals surface area contributed by atoms with Crippen LogP contribution in [0.2, 0.25) is 0 Å². The Kier molecular flexibility index (Phi) is 3.16. The van der Waals surface area contributed by atoms with Gasteiger partial charge in [0.05, 0.1) is 0 Å². The molecule has 84 valence electrons. The maximum atomic E-state index is 9.32. The molecule has 5 nitrogen and oxygen atoms in total. The minimum atomic E-state index is 0.186. The lowest BCUT2D eigenvalue weighted by Crippen LogP contribution is -2.00. The molecular formula is C11H13N3O2. The summed E-state index contributed by atoms with van der Waals surface area (Å²) < 4.78 is 5.06. The van der Waals surface area contributed by atoms with E-state index in [1.165, 1.54) is 0 Å². The standard InChI is InChI=1S/C11H13N3O2/c12-6-2-5-10-13-11(14-16-10)8-3-1-4-9(15)7-8/h1,3-4,7,15H,2,5-6,12H2. The van der Waals surface area contributed by atoms with E-state index in [9.17, 15) is 5.11 Å². The van der Waals surface area contributed by atoms with Gasteiger partial charge in [0.2, 0.25) is 11.7 Å². The molecule has 0 spiro atoms. The van der Waals surface area contributed by atoms with Crippen LogP contribution in [0, 0.1) is 0 Å². The Labute approximate surface area is 92.9 Å². The van der Waals surface area contributed by atoms with E-state index >= 15 is 0 Å². The molecule has 0 unspecified atom stereocenters. The Balaban J connectivity index is 2.18. The number of phenolic OH excluding ortho intramolecular Hbond substituents is 1. The van der Waals surface area contributed by atoms with E-state index in [-0.39, 0.29) is 5.75 Å². The fraction of sp³-hybridized carbons (Fsp3) is 0.273. The summed E-state index contributed by atoms with van der Waals surface area (Å²) in [6.45, 7) is 0.601. The zero-order valence-corrected chi connectivity index (χ0v) is 8.76. The van der Waals surface area contributed by atoms with Gasteiger partial charge in [-0.25, -0.2) is 0 Å². The molecule has 3 N–H and O–H groups in total. The van der Waals surface area contributed by atoms with E-state index in [2.05, 4.69) is 10.1 Å². The summed E-state index contributed by atoms with van der Waals surface area (Å²) in [5.74, 6) is 1.25. The van der Waals surface area contributed by atoms with E-state index in [1.807, 2.05) is 6.07 Å². The molecule has 0 aliphatic heterocycles. The van der Waals surface area contributed by atoms with Gasteiger partial charge in [0, 0.05) is 12.0 Å². The SMILES string of the molecule is NCCCc1nc(-c2cccc(O)c2)no1. The molecular weight excluding hydrogens is 206 g/mol. The van der Waals surface area contributed by atoms with Crippen LogP contribution in [-0.4, -0.2) is 21.8 Å². The summed E-state index contributed by atoms with van der Waals surface area (Å²) in [7, 11) is 0. The van der Waals surface area contributed by atoms with Crippen molar-refractivity contribution in [3.8, 4) is 17.1 Å². The third-order valence-corrected chi connectivity index (χ3v) is 2.17. The lowest BCUT2D eigenvalue weighted by molar-refractivity contribution is 0.376. The number of hydrogen-bond acceptors (Lipinski definition) is 5. The van der Waals surface area contributed by atoms with Crippen molar-refractivity contribution in [3.63, 3.8) is 0 Å². The lowest BCUT2D eigenvalue weighted by Gasteiger charge is -1.94. The quantitative estimate of drug-likeness (QED) is 0.810. The molecule has 0 amide bonds. The second-order valence-corrected chi connectivity index (χ2v) is 3.45. The molecule has 1 heterocycles. The van der Waals surface area contributed by atoms with E-state index in [1.54, 1.807) is 18.2 Å². The summed E-state index contributed by atoms with van der Waals surface area (Å²) in [5, 5.41) is 13.2. The molecule has 0 aliphatic rings. The van der Waals surface area contributed by atoms with Gasteiger partial charge in [-0.2, -0.15) is 4.98 Å². The monoisotopic (exact) mass is 219 g/mol. The molecule has 1 aromatic carbocycles. The second kappa shape index (κ2) is 4.76. The summed E-state index contributed by atoms with van der Waals surface area (Å²) in [6.07, 6.45) is 1.50. The molecule has 0 atom stereocenters. The number of benzene rings is 1. The molecule has 0 aliphatic carbocycles. The molecule has 0 bridgehead atoms. The zero-order valence-electron chi connectivity index (χ0n) is 8.76. The fourth-order valence-corrected chi connectivity index (χ4v) is 1.37. The highest BCUT2D eigenvalue weighted by Gasteiger charge is 2.08. The first-order valence-electron chi connectivity index (χ1n) is 5.11. The average Bonchev–Trinajstić information content (AvgIpc) is 2.75. The van der Waals surface area contributed by atoms with Crippen LogP contribution in [0.15, 0.2) is 28.8 Å². The van der Waals surface area contributed by atoms with Crippen molar-refractivity contribution in [2.45, 2.75) is 12.8 Å². The van der Waals surface area contributed by atoms with Gasteiger partial charge in [-0.15, -0.1) is 0 Å². The van der Waals surface area contributed by atoms with Gasteiger partial charge in [-0.05, 0) is 25.1 Å². The van der Waals surface area contributed by atoms with Crippen LogP contribution in [0.1, 0.15) is 12.3 Å². The third-order valence-electron chi connectivity index (χ3n) is 2.17. The molecule has 2 aromatic rings. The van der Waals surface area contributed by atoms with Gasteiger partial charge in [-0.1, -0.05) is 17.3 Å². The highest BCUT2D eigenvalue weighted by molar-refractivity contribution is 5.56. The predicted octanol–water partition coefficient (Wildman–Crippen LogP) is 1.33. The summed E-state index contributed by atoms with van der Waals surface area (Å²) in [4.78, 5) is 4.21. The largest absolute Gasteiger partial charge is 0.508 e. The Morgan fingerprint density at radius 3 is 3.00 bits per heavy atom. The number of nitrogens with zero attached hydrogens (tertiary/aromatic N) is 2.